The first-order valence-corrected chi connectivity index (χ1v) is 6.71. The van der Waals surface area contributed by atoms with Gasteiger partial charge in [0.15, 0.2) is 11.5 Å². The molecule has 0 radical (unpaired) electrons. The lowest BCUT2D eigenvalue weighted by atomic mass is 9.85. The highest BCUT2D eigenvalue weighted by atomic mass is 16.5. The zero-order chi connectivity index (χ0) is 15.1. The minimum Gasteiger partial charge on any atom is -0.504 e. The highest BCUT2D eigenvalue weighted by molar-refractivity contribution is 5.94. The molecule has 1 aromatic heterocycles. The summed E-state index contributed by atoms with van der Waals surface area (Å²) in [6, 6.07) is 5.18. The number of nitrogens with one attached hydrogen (secondary N) is 1. The number of carbonyl (C=O) groups is 1. The summed E-state index contributed by atoms with van der Waals surface area (Å²) in [5, 5.41) is 17.0. The van der Waals surface area contributed by atoms with Crippen molar-refractivity contribution in [2.75, 3.05) is 12.4 Å². The number of hydrogen-bond acceptors (Lipinski definition) is 4. The van der Waals surface area contributed by atoms with Crippen LogP contribution in [0.2, 0.25) is 0 Å². The molecular formula is C15H17N3O3. The van der Waals surface area contributed by atoms with Gasteiger partial charge in [-0.2, -0.15) is 5.10 Å². The largest absolute Gasteiger partial charge is 0.504 e. The molecule has 1 atom stereocenters. The second-order valence-electron chi connectivity index (χ2n) is 5.21. The zero-order valence-corrected chi connectivity index (χ0v) is 12.2. The Morgan fingerprint density at radius 3 is 2.95 bits per heavy atom. The summed E-state index contributed by atoms with van der Waals surface area (Å²) < 4.78 is 6.84. The van der Waals surface area contributed by atoms with Crippen molar-refractivity contribution in [1.82, 2.24) is 9.78 Å². The molecule has 3 rings (SSSR count). The monoisotopic (exact) mass is 287 g/mol. The molecule has 1 aliphatic rings. The van der Waals surface area contributed by atoms with Crippen LogP contribution in [-0.2, 0) is 11.8 Å². The number of anilines is 1. The first-order valence-electron chi connectivity index (χ1n) is 6.71. The molecule has 0 unspecified atom stereocenters. The highest BCUT2D eigenvalue weighted by Crippen LogP contribution is 2.41. The molecule has 2 aromatic rings. The Labute approximate surface area is 122 Å². The molecule has 0 aliphatic carbocycles. The normalized spacial score (nSPS) is 17.3. The van der Waals surface area contributed by atoms with E-state index in [1.165, 1.54) is 7.11 Å². The van der Waals surface area contributed by atoms with Gasteiger partial charge in [0.25, 0.3) is 0 Å². The maximum Gasteiger partial charge on any atom is 0.226 e. The van der Waals surface area contributed by atoms with Crippen LogP contribution in [0.1, 0.15) is 29.2 Å². The molecule has 21 heavy (non-hydrogen) atoms. The number of amides is 1. The molecule has 1 aliphatic heterocycles. The Morgan fingerprint density at radius 1 is 1.48 bits per heavy atom. The zero-order valence-electron chi connectivity index (χ0n) is 12.2. The van der Waals surface area contributed by atoms with E-state index in [4.69, 9.17) is 4.74 Å². The number of benzene rings is 1. The van der Waals surface area contributed by atoms with Gasteiger partial charge in [-0.25, -0.2) is 0 Å². The maximum absolute atomic E-state index is 12.0. The van der Waals surface area contributed by atoms with Gasteiger partial charge in [-0.3, -0.25) is 9.48 Å². The van der Waals surface area contributed by atoms with Gasteiger partial charge < -0.3 is 15.2 Å². The molecule has 0 bridgehead atoms. The van der Waals surface area contributed by atoms with Crippen LogP contribution < -0.4 is 10.1 Å². The lowest BCUT2D eigenvalue weighted by Crippen LogP contribution is -2.24. The fourth-order valence-electron chi connectivity index (χ4n) is 2.91. The minimum absolute atomic E-state index is 0.0393. The Balaban J connectivity index is 2.13. The van der Waals surface area contributed by atoms with E-state index in [0.717, 1.165) is 22.6 Å². The van der Waals surface area contributed by atoms with E-state index in [2.05, 4.69) is 10.4 Å². The SMILES string of the molecule is COc1cc([C@H]2CC(=O)Nc3c2c(C)nn3C)ccc1O. The van der Waals surface area contributed by atoms with E-state index < -0.39 is 0 Å². The van der Waals surface area contributed by atoms with E-state index in [1.807, 2.05) is 20.0 Å². The Kier molecular flexibility index (Phi) is 3.08. The first-order chi connectivity index (χ1) is 10.0. The second kappa shape index (κ2) is 4.80. The van der Waals surface area contributed by atoms with E-state index in [1.54, 1.807) is 16.8 Å². The minimum atomic E-state index is -0.0862. The number of phenolic OH excluding ortho intramolecular Hbond substituents is 1. The van der Waals surface area contributed by atoms with Crippen molar-refractivity contribution in [3.05, 3.63) is 35.0 Å². The number of methoxy groups -OCH3 is 1. The number of rotatable bonds is 2. The number of aryl methyl sites for hydroxylation is 2. The first kappa shape index (κ1) is 13.5. The van der Waals surface area contributed by atoms with Crippen LogP contribution in [0.25, 0.3) is 0 Å². The van der Waals surface area contributed by atoms with Crippen molar-refractivity contribution in [3.63, 3.8) is 0 Å². The molecule has 0 spiro atoms. The smallest absolute Gasteiger partial charge is 0.226 e. The van der Waals surface area contributed by atoms with Crippen LogP contribution in [0.3, 0.4) is 0 Å². The van der Waals surface area contributed by atoms with Crippen LogP contribution in [0.5, 0.6) is 11.5 Å². The third-order valence-corrected chi connectivity index (χ3v) is 3.87. The van der Waals surface area contributed by atoms with Crippen molar-refractivity contribution >= 4 is 11.7 Å². The van der Waals surface area contributed by atoms with E-state index in [0.29, 0.717) is 12.2 Å². The third-order valence-electron chi connectivity index (χ3n) is 3.87. The van der Waals surface area contributed by atoms with Gasteiger partial charge in [-0.1, -0.05) is 6.07 Å². The Bertz CT molecular complexity index is 721. The number of nitrogens with zero attached hydrogens (tertiary/aromatic N) is 2. The van der Waals surface area contributed by atoms with E-state index in [9.17, 15) is 9.90 Å². The fourth-order valence-corrected chi connectivity index (χ4v) is 2.91. The molecule has 0 fully saturated rings. The Morgan fingerprint density at radius 2 is 2.24 bits per heavy atom. The molecule has 1 aromatic carbocycles. The number of carbonyl (C=O) groups excluding carboxylic acids is 1. The van der Waals surface area contributed by atoms with Crippen molar-refractivity contribution in [2.45, 2.75) is 19.3 Å². The lowest BCUT2D eigenvalue weighted by Gasteiger charge is -2.24. The van der Waals surface area contributed by atoms with Crippen LogP contribution in [0.15, 0.2) is 18.2 Å². The van der Waals surface area contributed by atoms with E-state index >= 15 is 0 Å². The van der Waals surface area contributed by atoms with Crippen molar-refractivity contribution < 1.29 is 14.6 Å². The predicted molar refractivity (Wildman–Crippen MR) is 77.7 cm³/mol. The van der Waals surface area contributed by atoms with Crippen molar-refractivity contribution in [2.24, 2.45) is 7.05 Å². The number of aromatic nitrogens is 2. The molecule has 2 N–H and O–H groups in total. The molecule has 2 heterocycles. The van der Waals surface area contributed by atoms with Gasteiger partial charge in [0.1, 0.15) is 5.82 Å². The van der Waals surface area contributed by atoms with Gasteiger partial charge in [0, 0.05) is 24.9 Å². The van der Waals surface area contributed by atoms with Gasteiger partial charge in [-0.15, -0.1) is 0 Å². The second-order valence-corrected chi connectivity index (χ2v) is 5.21. The fraction of sp³-hybridized carbons (Fsp3) is 0.333. The molecular weight excluding hydrogens is 270 g/mol. The van der Waals surface area contributed by atoms with Gasteiger partial charge in [0.05, 0.1) is 12.8 Å². The van der Waals surface area contributed by atoms with Crippen LogP contribution in [0, 0.1) is 6.92 Å². The number of hydrogen-bond donors (Lipinski definition) is 2. The van der Waals surface area contributed by atoms with Crippen LogP contribution >= 0.6 is 0 Å². The standard InChI is InChI=1S/C15H17N3O3/c1-8-14-10(7-13(20)16-15(14)18(2)17-8)9-4-5-11(19)12(6-9)21-3/h4-6,10,19H,7H2,1-3H3,(H,16,20)/t10-/m1/s1. The van der Waals surface area contributed by atoms with Crippen molar-refractivity contribution in [3.8, 4) is 11.5 Å². The highest BCUT2D eigenvalue weighted by Gasteiger charge is 2.31. The Hall–Kier alpha value is -2.50. The number of ether oxygens (including phenoxy) is 1. The summed E-state index contributed by atoms with van der Waals surface area (Å²) in [6.45, 7) is 1.93. The predicted octanol–water partition coefficient (Wildman–Crippen LogP) is 1.92. The molecule has 6 heteroatoms. The maximum atomic E-state index is 12.0. The number of aromatic hydroxyl groups is 1. The average molecular weight is 287 g/mol. The summed E-state index contributed by atoms with van der Waals surface area (Å²) in [5.41, 5.74) is 2.84. The third kappa shape index (κ3) is 2.12. The van der Waals surface area contributed by atoms with E-state index in [-0.39, 0.29) is 17.6 Å². The molecule has 0 saturated carbocycles. The summed E-state index contributed by atoms with van der Waals surface area (Å²) in [7, 11) is 3.32. The molecule has 110 valence electrons. The summed E-state index contributed by atoms with van der Waals surface area (Å²) in [6.07, 6.45) is 0.355. The van der Waals surface area contributed by atoms with Crippen molar-refractivity contribution in [1.29, 1.82) is 0 Å². The summed E-state index contributed by atoms with van der Waals surface area (Å²) >= 11 is 0. The molecule has 1 amide bonds. The topological polar surface area (TPSA) is 76.4 Å². The van der Waals surface area contributed by atoms with Crippen LogP contribution in [-0.4, -0.2) is 27.9 Å². The molecule has 6 nitrogen and oxygen atoms in total. The average Bonchev–Trinajstić information content (AvgIpc) is 2.73. The van der Waals surface area contributed by atoms with Gasteiger partial charge >= 0.3 is 0 Å². The number of phenols is 1. The van der Waals surface area contributed by atoms with Crippen LogP contribution in [0.4, 0.5) is 5.82 Å². The van der Waals surface area contributed by atoms with Gasteiger partial charge in [0.2, 0.25) is 5.91 Å². The molecule has 0 saturated heterocycles. The quantitative estimate of drug-likeness (QED) is 0.884. The van der Waals surface area contributed by atoms with Gasteiger partial charge in [-0.05, 0) is 24.6 Å². The number of fused-ring (bicyclic) bond motifs is 1. The summed E-state index contributed by atoms with van der Waals surface area (Å²) in [4.78, 5) is 12.0. The summed E-state index contributed by atoms with van der Waals surface area (Å²) in [5.74, 6) is 1.10. The lowest BCUT2D eigenvalue weighted by molar-refractivity contribution is -0.116.